The van der Waals surface area contributed by atoms with E-state index < -0.39 is 24.1 Å². The summed E-state index contributed by atoms with van der Waals surface area (Å²) in [5, 5.41) is 23.7. The van der Waals surface area contributed by atoms with Gasteiger partial charge in [-0.05, 0) is 81.1 Å². The quantitative estimate of drug-likeness (QED) is 0.246. The summed E-state index contributed by atoms with van der Waals surface area (Å²) < 4.78 is 5.93. The Hall–Kier alpha value is -1.99. The van der Waals surface area contributed by atoms with E-state index in [-0.39, 0.29) is 0 Å². The van der Waals surface area contributed by atoms with E-state index in [0.29, 0.717) is 46.6 Å². The molecule has 176 valence electrons. The molecule has 0 fully saturated rings. The van der Waals surface area contributed by atoms with Crippen LogP contribution < -0.4 is 15.8 Å². The minimum atomic E-state index is -0.859. The molecule has 32 heavy (non-hydrogen) atoms. The average molecular weight is 483 g/mol. The number of rotatable bonds is 12. The Morgan fingerprint density at radius 2 is 1.69 bits per heavy atom. The molecule has 0 heterocycles. The number of nitrogens with one attached hydrogen (secondary N) is 1. The van der Waals surface area contributed by atoms with Crippen LogP contribution in [0.5, 0.6) is 5.75 Å². The molecule has 2 aromatic rings. The number of halogens is 2. The van der Waals surface area contributed by atoms with Crippen molar-refractivity contribution in [2.75, 3.05) is 18.8 Å². The molecule has 8 heteroatoms. The van der Waals surface area contributed by atoms with Crippen LogP contribution in [-0.2, 0) is 4.79 Å². The number of aliphatic carboxylic acids is 1. The highest BCUT2D eigenvalue weighted by Crippen LogP contribution is 2.31. The van der Waals surface area contributed by atoms with Crippen molar-refractivity contribution in [3.8, 4) is 5.75 Å². The first kappa shape index (κ1) is 26.3. The highest BCUT2D eigenvalue weighted by atomic mass is 35.5. The van der Waals surface area contributed by atoms with Crippen molar-refractivity contribution in [1.82, 2.24) is 5.32 Å². The lowest BCUT2D eigenvalue weighted by Gasteiger charge is -2.22. The number of aliphatic hydroxyl groups is 1. The number of unbranched alkanes of at least 4 members (excludes halogenated alkanes) is 1. The molecule has 0 bridgehead atoms. The van der Waals surface area contributed by atoms with Gasteiger partial charge in [0.1, 0.15) is 11.9 Å². The van der Waals surface area contributed by atoms with Gasteiger partial charge in [0.15, 0.2) is 0 Å². The predicted molar refractivity (Wildman–Crippen MR) is 130 cm³/mol. The number of anilines is 1. The summed E-state index contributed by atoms with van der Waals surface area (Å²) in [5.41, 5.74) is 8.76. The molecule has 3 unspecified atom stereocenters. The zero-order valence-electron chi connectivity index (χ0n) is 18.7. The summed E-state index contributed by atoms with van der Waals surface area (Å²) in [6, 6.07) is 9.08. The van der Waals surface area contributed by atoms with Gasteiger partial charge in [0, 0.05) is 6.54 Å². The molecule has 2 aromatic carbocycles. The van der Waals surface area contributed by atoms with Crippen LogP contribution in [0.4, 0.5) is 5.69 Å². The topological polar surface area (TPSA) is 105 Å². The van der Waals surface area contributed by atoms with Crippen LogP contribution in [0.15, 0.2) is 30.3 Å². The van der Waals surface area contributed by atoms with Gasteiger partial charge in [0.25, 0.3) is 0 Å². The zero-order valence-corrected chi connectivity index (χ0v) is 20.2. The van der Waals surface area contributed by atoms with Crippen molar-refractivity contribution >= 4 is 34.9 Å². The molecule has 0 spiro atoms. The maximum atomic E-state index is 11.8. The van der Waals surface area contributed by atoms with Gasteiger partial charge in [-0.1, -0.05) is 35.7 Å². The van der Waals surface area contributed by atoms with Gasteiger partial charge < -0.3 is 26.0 Å². The maximum Gasteiger partial charge on any atom is 0.310 e. The van der Waals surface area contributed by atoms with Gasteiger partial charge in [0.05, 0.1) is 27.8 Å². The molecule has 2 rings (SSSR count). The van der Waals surface area contributed by atoms with Gasteiger partial charge in [-0.2, -0.15) is 0 Å². The fraction of sp³-hybridized carbons (Fsp3) is 0.458. The van der Waals surface area contributed by atoms with Crippen molar-refractivity contribution in [1.29, 1.82) is 0 Å². The lowest BCUT2D eigenvalue weighted by Crippen LogP contribution is -2.31. The number of aryl methyl sites for hydroxylation is 2. The molecular weight excluding hydrogens is 451 g/mol. The first-order valence-electron chi connectivity index (χ1n) is 10.7. The highest BCUT2D eigenvalue weighted by Gasteiger charge is 2.26. The summed E-state index contributed by atoms with van der Waals surface area (Å²) >= 11 is 12.0. The number of benzene rings is 2. The van der Waals surface area contributed by atoms with Crippen LogP contribution in [0.2, 0.25) is 10.0 Å². The summed E-state index contributed by atoms with van der Waals surface area (Å²) in [7, 11) is 0. The Balaban J connectivity index is 1.76. The molecule has 0 aliphatic heterocycles. The summed E-state index contributed by atoms with van der Waals surface area (Å²) in [6.45, 7) is 6.74. The van der Waals surface area contributed by atoms with Gasteiger partial charge >= 0.3 is 5.97 Å². The van der Waals surface area contributed by atoms with Crippen molar-refractivity contribution < 1.29 is 19.7 Å². The van der Waals surface area contributed by atoms with E-state index in [4.69, 9.17) is 33.7 Å². The summed E-state index contributed by atoms with van der Waals surface area (Å²) in [5.74, 6) is -0.761. The first-order valence-corrected chi connectivity index (χ1v) is 11.4. The number of hydrogen-bond acceptors (Lipinski definition) is 5. The highest BCUT2D eigenvalue weighted by molar-refractivity contribution is 6.38. The minimum absolute atomic E-state index is 0.293. The van der Waals surface area contributed by atoms with E-state index in [9.17, 15) is 15.0 Å². The second kappa shape index (κ2) is 12.3. The summed E-state index contributed by atoms with van der Waals surface area (Å²) in [6.07, 6.45) is 0.789. The third kappa shape index (κ3) is 7.85. The second-order valence-corrected chi connectivity index (χ2v) is 9.02. The van der Waals surface area contributed by atoms with Crippen LogP contribution in [0, 0.1) is 19.8 Å². The Bertz CT molecular complexity index is 880. The lowest BCUT2D eigenvalue weighted by atomic mass is 9.96. The van der Waals surface area contributed by atoms with E-state index in [1.54, 1.807) is 19.1 Å². The normalized spacial score (nSPS) is 14.1. The molecular formula is C24H32Cl2N2O4. The monoisotopic (exact) mass is 482 g/mol. The molecule has 3 atom stereocenters. The molecule has 0 saturated carbocycles. The summed E-state index contributed by atoms with van der Waals surface area (Å²) in [4.78, 5) is 11.8. The molecule has 0 radical (unpaired) electrons. The molecule has 5 N–H and O–H groups in total. The Labute approximate surface area is 199 Å². The molecule has 0 aliphatic rings. The molecule has 6 nitrogen and oxygen atoms in total. The number of carboxylic acid groups (broad SMARTS) is 1. The van der Waals surface area contributed by atoms with Gasteiger partial charge in [-0.15, -0.1) is 0 Å². The Kier molecular flexibility index (Phi) is 10.1. The first-order chi connectivity index (χ1) is 15.1. The zero-order chi connectivity index (χ0) is 23.8. The largest absolute Gasteiger partial charge is 0.490 e. The third-order valence-electron chi connectivity index (χ3n) is 5.34. The lowest BCUT2D eigenvalue weighted by molar-refractivity contribution is -0.145. The van der Waals surface area contributed by atoms with Crippen molar-refractivity contribution in [3.05, 3.63) is 57.1 Å². The molecule has 0 amide bonds. The van der Waals surface area contributed by atoms with Crippen molar-refractivity contribution in [2.24, 2.45) is 5.92 Å². The van der Waals surface area contributed by atoms with Crippen molar-refractivity contribution in [2.45, 2.75) is 52.2 Å². The van der Waals surface area contributed by atoms with Crippen LogP contribution in [0.25, 0.3) is 0 Å². The van der Waals surface area contributed by atoms with E-state index in [1.165, 1.54) is 0 Å². The number of nitrogen functional groups attached to an aromatic ring is 1. The number of hydrogen-bond donors (Lipinski definition) is 4. The van der Waals surface area contributed by atoms with Gasteiger partial charge in [-0.3, -0.25) is 4.79 Å². The number of carboxylic acids is 1. The maximum absolute atomic E-state index is 11.8. The standard InChI is InChI=1S/C24H32Cl2N2O4/c1-14-8-15(2)10-18(9-14)32-16(3)19(24(30)31)6-4-5-7-28-13-22(29)17-11-20(25)23(27)21(26)12-17/h8-12,16,19,22,28-29H,4-7,13,27H2,1-3H3,(H,30,31). The van der Waals surface area contributed by atoms with Crippen molar-refractivity contribution in [3.63, 3.8) is 0 Å². The van der Waals surface area contributed by atoms with Crippen LogP contribution in [0.3, 0.4) is 0 Å². The smallest absolute Gasteiger partial charge is 0.310 e. The number of nitrogens with two attached hydrogens (primary N) is 1. The van der Waals surface area contributed by atoms with E-state index in [2.05, 4.69) is 5.32 Å². The molecule has 0 saturated heterocycles. The molecule has 0 aliphatic carbocycles. The second-order valence-electron chi connectivity index (χ2n) is 8.21. The molecule has 0 aromatic heterocycles. The van der Waals surface area contributed by atoms with Crippen LogP contribution in [0.1, 0.15) is 49.0 Å². The SMILES string of the molecule is Cc1cc(C)cc(OC(C)C(CCCCNCC(O)c2cc(Cl)c(N)c(Cl)c2)C(=O)O)c1. The number of aliphatic hydroxyl groups excluding tert-OH is 1. The number of carbonyl (C=O) groups is 1. The Morgan fingerprint density at radius 3 is 2.25 bits per heavy atom. The van der Waals surface area contributed by atoms with E-state index >= 15 is 0 Å². The van der Waals surface area contributed by atoms with Crippen LogP contribution >= 0.6 is 23.2 Å². The third-order valence-corrected chi connectivity index (χ3v) is 5.97. The van der Waals surface area contributed by atoms with Crippen LogP contribution in [-0.4, -0.2) is 35.4 Å². The fourth-order valence-electron chi connectivity index (χ4n) is 3.62. The van der Waals surface area contributed by atoms with Gasteiger partial charge in [-0.25, -0.2) is 0 Å². The minimum Gasteiger partial charge on any atom is -0.490 e. The fourth-order valence-corrected chi connectivity index (χ4v) is 4.13. The number of ether oxygens (including phenoxy) is 1. The van der Waals surface area contributed by atoms with E-state index in [1.807, 2.05) is 32.0 Å². The predicted octanol–water partition coefficient (Wildman–Crippen LogP) is 5.15. The van der Waals surface area contributed by atoms with Gasteiger partial charge in [0.2, 0.25) is 0 Å². The van der Waals surface area contributed by atoms with E-state index in [0.717, 1.165) is 24.0 Å². The Morgan fingerprint density at radius 1 is 1.09 bits per heavy atom. The average Bonchev–Trinajstić information content (AvgIpc) is 2.69.